The largest absolute Gasteiger partial charge is 0.489 e. The molecule has 0 spiro atoms. The Hall–Kier alpha value is -3.34. The fourth-order valence-corrected chi connectivity index (χ4v) is 2.79. The number of anilines is 1. The molecule has 0 aliphatic heterocycles. The Morgan fingerprint density at radius 1 is 1.07 bits per heavy atom. The maximum Gasteiger partial charge on any atom is 0.262 e. The zero-order valence-electron chi connectivity index (χ0n) is 17.0. The van der Waals surface area contributed by atoms with Crippen molar-refractivity contribution in [3.05, 3.63) is 83.7 Å². The average Bonchev–Trinajstić information content (AvgIpc) is 2.72. The zero-order chi connectivity index (χ0) is 20.6. The van der Waals surface area contributed by atoms with Crippen LogP contribution in [0.5, 0.6) is 11.5 Å². The number of nitrogens with one attached hydrogen (secondary N) is 1. The molecule has 1 heterocycles. The van der Waals surface area contributed by atoms with Crippen LogP contribution in [0.2, 0.25) is 0 Å². The van der Waals surface area contributed by atoms with Crippen LogP contribution in [0.1, 0.15) is 36.5 Å². The maximum atomic E-state index is 12.3. The van der Waals surface area contributed by atoms with Crippen LogP contribution in [-0.2, 0) is 11.4 Å². The van der Waals surface area contributed by atoms with Crippen molar-refractivity contribution >= 4 is 11.6 Å². The SMILES string of the molecule is Cc1ccc(C(C)C)cc1OCC(=O)Nc1cccc(OCc2cccnc2)c1. The summed E-state index contributed by atoms with van der Waals surface area (Å²) in [6.45, 7) is 6.60. The molecular formula is C24H26N2O3. The van der Waals surface area contributed by atoms with Crippen LogP contribution in [0.25, 0.3) is 0 Å². The Bertz CT molecular complexity index is 955. The van der Waals surface area contributed by atoms with Gasteiger partial charge < -0.3 is 14.8 Å². The molecule has 0 bridgehead atoms. The molecule has 0 radical (unpaired) electrons. The predicted octanol–water partition coefficient (Wildman–Crippen LogP) is 5.11. The molecule has 150 valence electrons. The van der Waals surface area contributed by atoms with E-state index in [4.69, 9.17) is 9.47 Å². The first-order valence-corrected chi connectivity index (χ1v) is 9.66. The minimum absolute atomic E-state index is 0.0524. The lowest BCUT2D eigenvalue weighted by molar-refractivity contribution is -0.118. The van der Waals surface area contributed by atoms with Crippen LogP contribution in [-0.4, -0.2) is 17.5 Å². The average molecular weight is 390 g/mol. The van der Waals surface area contributed by atoms with Gasteiger partial charge in [0.25, 0.3) is 5.91 Å². The fraction of sp³-hybridized carbons (Fsp3) is 0.250. The van der Waals surface area contributed by atoms with Crippen LogP contribution in [0.3, 0.4) is 0 Å². The summed E-state index contributed by atoms with van der Waals surface area (Å²) in [5.74, 6) is 1.60. The Labute approximate surface area is 171 Å². The number of carbonyl (C=O) groups excluding carboxylic acids is 1. The number of carbonyl (C=O) groups is 1. The topological polar surface area (TPSA) is 60.5 Å². The number of nitrogens with zero attached hydrogens (tertiary/aromatic N) is 1. The molecule has 0 unspecified atom stereocenters. The molecule has 0 saturated heterocycles. The van der Waals surface area contributed by atoms with Gasteiger partial charge in [-0.3, -0.25) is 9.78 Å². The number of ether oxygens (including phenoxy) is 2. The molecule has 29 heavy (non-hydrogen) atoms. The van der Waals surface area contributed by atoms with Crippen LogP contribution in [0, 0.1) is 6.92 Å². The monoisotopic (exact) mass is 390 g/mol. The van der Waals surface area contributed by atoms with Gasteiger partial charge in [0, 0.05) is 29.7 Å². The van der Waals surface area contributed by atoms with E-state index in [1.807, 2.05) is 49.4 Å². The number of benzene rings is 2. The normalized spacial score (nSPS) is 10.6. The second-order valence-electron chi connectivity index (χ2n) is 7.19. The molecule has 2 aromatic carbocycles. The van der Waals surface area contributed by atoms with Crippen molar-refractivity contribution in [2.24, 2.45) is 0 Å². The summed E-state index contributed by atoms with van der Waals surface area (Å²) in [7, 11) is 0. The van der Waals surface area contributed by atoms with Crippen molar-refractivity contribution in [2.75, 3.05) is 11.9 Å². The minimum atomic E-state index is -0.219. The van der Waals surface area contributed by atoms with Crippen molar-refractivity contribution in [1.82, 2.24) is 4.98 Å². The third-order valence-electron chi connectivity index (χ3n) is 4.48. The maximum absolute atomic E-state index is 12.3. The van der Waals surface area contributed by atoms with Gasteiger partial charge in [-0.15, -0.1) is 0 Å². The summed E-state index contributed by atoms with van der Waals surface area (Å²) in [5, 5.41) is 2.85. The number of hydrogen-bond acceptors (Lipinski definition) is 4. The molecule has 1 aromatic heterocycles. The predicted molar refractivity (Wildman–Crippen MR) is 114 cm³/mol. The third-order valence-corrected chi connectivity index (χ3v) is 4.48. The van der Waals surface area contributed by atoms with Gasteiger partial charge in [-0.05, 0) is 48.2 Å². The van der Waals surface area contributed by atoms with Crippen LogP contribution >= 0.6 is 0 Å². The molecule has 3 rings (SSSR count). The fourth-order valence-electron chi connectivity index (χ4n) is 2.79. The van der Waals surface area contributed by atoms with Crippen molar-refractivity contribution in [3.8, 4) is 11.5 Å². The third kappa shape index (κ3) is 6.07. The molecular weight excluding hydrogens is 364 g/mol. The standard InChI is InChI=1S/C24H26N2O3/c1-17(2)20-10-9-18(3)23(12-20)29-16-24(27)26-21-7-4-8-22(13-21)28-15-19-6-5-11-25-14-19/h4-14,17H,15-16H2,1-3H3,(H,26,27). The second-order valence-corrected chi connectivity index (χ2v) is 7.19. The van der Waals surface area contributed by atoms with E-state index in [1.54, 1.807) is 18.5 Å². The lowest BCUT2D eigenvalue weighted by Gasteiger charge is -2.13. The van der Waals surface area contributed by atoms with Gasteiger partial charge >= 0.3 is 0 Å². The van der Waals surface area contributed by atoms with E-state index in [9.17, 15) is 4.79 Å². The molecule has 1 N–H and O–H groups in total. The molecule has 1 amide bonds. The summed E-state index contributed by atoms with van der Waals surface area (Å²) in [6, 6.07) is 17.2. The van der Waals surface area contributed by atoms with E-state index in [1.165, 1.54) is 5.56 Å². The summed E-state index contributed by atoms with van der Waals surface area (Å²) in [5.41, 5.74) is 3.83. The highest BCUT2D eigenvalue weighted by Gasteiger charge is 2.09. The number of aromatic nitrogens is 1. The molecule has 0 saturated carbocycles. The zero-order valence-corrected chi connectivity index (χ0v) is 17.0. The lowest BCUT2D eigenvalue weighted by Crippen LogP contribution is -2.20. The Morgan fingerprint density at radius 2 is 1.93 bits per heavy atom. The smallest absolute Gasteiger partial charge is 0.262 e. The van der Waals surface area contributed by atoms with E-state index in [-0.39, 0.29) is 12.5 Å². The van der Waals surface area contributed by atoms with Crippen LogP contribution in [0.15, 0.2) is 67.0 Å². The van der Waals surface area contributed by atoms with Gasteiger partial charge in [-0.1, -0.05) is 38.1 Å². The van der Waals surface area contributed by atoms with E-state index in [0.717, 1.165) is 16.9 Å². The van der Waals surface area contributed by atoms with Crippen molar-refractivity contribution in [1.29, 1.82) is 0 Å². The van der Waals surface area contributed by atoms with Gasteiger partial charge in [0.05, 0.1) is 0 Å². The molecule has 0 atom stereocenters. The molecule has 0 aliphatic carbocycles. The van der Waals surface area contributed by atoms with Crippen LogP contribution < -0.4 is 14.8 Å². The number of amides is 1. The first-order chi connectivity index (χ1) is 14.0. The number of pyridine rings is 1. The molecule has 5 heteroatoms. The summed E-state index contributed by atoms with van der Waals surface area (Å²) < 4.78 is 11.5. The minimum Gasteiger partial charge on any atom is -0.489 e. The van der Waals surface area contributed by atoms with Crippen LogP contribution in [0.4, 0.5) is 5.69 Å². The Kier molecular flexibility index (Phi) is 6.85. The number of aryl methyl sites for hydroxylation is 1. The first kappa shape index (κ1) is 20.4. The van der Waals surface area contributed by atoms with Gasteiger partial charge in [0.2, 0.25) is 0 Å². The molecule has 0 fully saturated rings. The molecule has 3 aromatic rings. The van der Waals surface area contributed by atoms with Crippen molar-refractivity contribution < 1.29 is 14.3 Å². The van der Waals surface area contributed by atoms with Gasteiger partial charge in [-0.25, -0.2) is 0 Å². The summed E-state index contributed by atoms with van der Waals surface area (Å²) in [6.07, 6.45) is 3.49. The summed E-state index contributed by atoms with van der Waals surface area (Å²) >= 11 is 0. The van der Waals surface area contributed by atoms with E-state index in [2.05, 4.69) is 30.2 Å². The van der Waals surface area contributed by atoms with Gasteiger partial charge in [0.15, 0.2) is 6.61 Å². The second kappa shape index (κ2) is 9.73. The quantitative estimate of drug-likeness (QED) is 0.581. The number of hydrogen-bond donors (Lipinski definition) is 1. The van der Waals surface area contributed by atoms with E-state index < -0.39 is 0 Å². The van der Waals surface area contributed by atoms with Crippen molar-refractivity contribution in [2.45, 2.75) is 33.3 Å². The Morgan fingerprint density at radius 3 is 2.69 bits per heavy atom. The first-order valence-electron chi connectivity index (χ1n) is 9.66. The van der Waals surface area contributed by atoms with Crippen molar-refractivity contribution in [3.63, 3.8) is 0 Å². The van der Waals surface area contributed by atoms with Gasteiger partial charge in [-0.2, -0.15) is 0 Å². The Balaban J connectivity index is 1.55. The lowest BCUT2D eigenvalue weighted by atomic mass is 10.0. The summed E-state index contributed by atoms with van der Waals surface area (Å²) in [4.78, 5) is 16.4. The highest BCUT2D eigenvalue weighted by molar-refractivity contribution is 5.92. The number of rotatable bonds is 8. The molecule has 5 nitrogen and oxygen atoms in total. The van der Waals surface area contributed by atoms with E-state index in [0.29, 0.717) is 24.0 Å². The van der Waals surface area contributed by atoms with Gasteiger partial charge in [0.1, 0.15) is 18.1 Å². The highest BCUT2D eigenvalue weighted by atomic mass is 16.5. The highest BCUT2D eigenvalue weighted by Crippen LogP contribution is 2.24. The van der Waals surface area contributed by atoms with E-state index >= 15 is 0 Å². The molecule has 0 aliphatic rings.